The minimum atomic E-state index is -0.479. The van der Waals surface area contributed by atoms with Gasteiger partial charge in [-0.05, 0) is 23.6 Å². The summed E-state index contributed by atoms with van der Waals surface area (Å²) < 4.78 is 3.77. The standard InChI is InChI=1S/C23H23N5O3/c1-15(16-9-11-18(12-10-16)17-7-5-4-6-8-17)25-19(29)13-28-14-24-21-20(28)22(30)27(3)23(31)26(21)2/h4-12,14-15H,13H2,1-3H3,(H,25,29)/t15-/m1/s1. The first-order valence-corrected chi connectivity index (χ1v) is 9.92. The van der Waals surface area contributed by atoms with E-state index in [0.29, 0.717) is 0 Å². The van der Waals surface area contributed by atoms with Gasteiger partial charge in [0.1, 0.15) is 6.54 Å². The van der Waals surface area contributed by atoms with Gasteiger partial charge in [0.05, 0.1) is 12.4 Å². The molecule has 0 aliphatic rings. The second kappa shape index (κ2) is 8.06. The highest BCUT2D eigenvalue weighted by atomic mass is 16.2. The number of aromatic nitrogens is 4. The zero-order valence-electron chi connectivity index (χ0n) is 17.6. The average Bonchev–Trinajstić information content (AvgIpc) is 3.20. The Morgan fingerprint density at radius 3 is 2.29 bits per heavy atom. The molecule has 0 fully saturated rings. The highest BCUT2D eigenvalue weighted by molar-refractivity contribution is 5.79. The molecule has 1 N–H and O–H groups in total. The monoisotopic (exact) mass is 417 g/mol. The normalized spacial score (nSPS) is 12.1. The van der Waals surface area contributed by atoms with Gasteiger partial charge in [-0.15, -0.1) is 0 Å². The molecule has 1 atom stereocenters. The van der Waals surface area contributed by atoms with Crippen molar-refractivity contribution in [3.05, 3.63) is 87.3 Å². The number of benzene rings is 2. The zero-order valence-corrected chi connectivity index (χ0v) is 17.6. The molecular formula is C23H23N5O3. The Kier molecular flexibility index (Phi) is 5.29. The molecule has 0 bridgehead atoms. The van der Waals surface area contributed by atoms with Crippen LogP contribution in [0.1, 0.15) is 18.5 Å². The van der Waals surface area contributed by atoms with Gasteiger partial charge in [-0.2, -0.15) is 0 Å². The van der Waals surface area contributed by atoms with E-state index in [4.69, 9.17) is 0 Å². The van der Waals surface area contributed by atoms with Crippen LogP contribution in [0.15, 0.2) is 70.5 Å². The van der Waals surface area contributed by atoms with Gasteiger partial charge in [0, 0.05) is 14.1 Å². The number of imidazole rings is 1. The van der Waals surface area contributed by atoms with E-state index >= 15 is 0 Å². The lowest BCUT2D eigenvalue weighted by molar-refractivity contribution is -0.122. The van der Waals surface area contributed by atoms with Crippen molar-refractivity contribution >= 4 is 17.1 Å². The van der Waals surface area contributed by atoms with Gasteiger partial charge < -0.3 is 9.88 Å². The van der Waals surface area contributed by atoms with E-state index in [9.17, 15) is 14.4 Å². The van der Waals surface area contributed by atoms with Crippen molar-refractivity contribution in [3.8, 4) is 11.1 Å². The summed E-state index contributed by atoms with van der Waals surface area (Å²) >= 11 is 0. The minimum absolute atomic E-state index is 0.0730. The van der Waals surface area contributed by atoms with Crippen molar-refractivity contribution in [2.24, 2.45) is 14.1 Å². The molecule has 31 heavy (non-hydrogen) atoms. The molecule has 2 aromatic heterocycles. The smallest absolute Gasteiger partial charge is 0.332 e. The highest BCUT2D eigenvalue weighted by Crippen LogP contribution is 2.21. The second-order valence-electron chi connectivity index (χ2n) is 7.53. The van der Waals surface area contributed by atoms with Crippen LogP contribution in [0, 0.1) is 0 Å². The summed E-state index contributed by atoms with van der Waals surface area (Å²) in [5.74, 6) is -0.255. The van der Waals surface area contributed by atoms with Crippen molar-refractivity contribution in [3.63, 3.8) is 0 Å². The summed E-state index contributed by atoms with van der Waals surface area (Å²) in [6, 6.07) is 17.9. The maximum atomic E-state index is 12.6. The molecule has 0 spiro atoms. The second-order valence-corrected chi connectivity index (χ2v) is 7.53. The number of hydrogen-bond donors (Lipinski definition) is 1. The number of rotatable bonds is 5. The van der Waals surface area contributed by atoms with E-state index in [0.717, 1.165) is 21.3 Å². The van der Waals surface area contributed by atoms with Crippen molar-refractivity contribution in [2.75, 3.05) is 0 Å². The van der Waals surface area contributed by atoms with E-state index in [2.05, 4.69) is 22.4 Å². The Hall–Kier alpha value is -3.94. The van der Waals surface area contributed by atoms with Gasteiger partial charge >= 0.3 is 5.69 Å². The van der Waals surface area contributed by atoms with Crippen LogP contribution in [0.25, 0.3) is 22.3 Å². The van der Waals surface area contributed by atoms with Crippen LogP contribution in [-0.4, -0.2) is 24.6 Å². The molecule has 8 heteroatoms. The molecule has 0 unspecified atom stereocenters. The van der Waals surface area contributed by atoms with Crippen LogP contribution >= 0.6 is 0 Å². The maximum absolute atomic E-state index is 12.6. The summed E-state index contributed by atoms with van der Waals surface area (Å²) in [5.41, 5.74) is 2.75. The number of carbonyl (C=O) groups is 1. The molecule has 2 aromatic carbocycles. The van der Waals surface area contributed by atoms with E-state index in [1.165, 1.54) is 22.5 Å². The lowest BCUT2D eigenvalue weighted by atomic mass is 10.0. The van der Waals surface area contributed by atoms with Gasteiger partial charge in [0.15, 0.2) is 11.2 Å². The number of nitrogens with one attached hydrogen (secondary N) is 1. The Labute approximate surface area is 178 Å². The number of aryl methyl sites for hydroxylation is 1. The van der Waals surface area contributed by atoms with Crippen LogP contribution in [0.2, 0.25) is 0 Å². The molecule has 0 aliphatic heterocycles. The van der Waals surface area contributed by atoms with Gasteiger partial charge in [0.2, 0.25) is 5.91 Å². The molecular weight excluding hydrogens is 394 g/mol. The summed E-state index contributed by atoms with van der Waals surface area (Å²) in [6.07, 6.45) is 1.41. The van der Waals surface area contributed by atoms with E-state index in [1.54, 1.807) is 7.05 Å². The summed E-state index contributed by atoms with van der Waals surface area (Å²) in [7, 11) is 2.95. The third kappa shape index (κ3) is 3.79. The SMILES string of the molecule is C[C@@H](NC(=O)Cn1cnc2c1c(=O)n(C)c(=O)n2C)c1ccc(-c2ccccc2)cc1. The largest absolute Gasteiger partial charge is 0.348 e. The predicted molar refractivity (Wildman–Crippen MR) is 119 cm³/mol. The van der Waals surface area contributed by atoms with Crippen LogP contribution in [0.5, 0.6) is 0 Å². The highest BCUT2D eigenvalue weighted by Gasteiger charge is 2.17. The first-order valence-electron chi connectivity index (χ1n) is 9.92. The number of amides is 1. The van der Waals surface area contributed by atoms with Gasteiger partial charge in [-0.1, -0.05) is 54.6 Å². The molecule has 4 aromatic rings. The molecule has 4 rings (SSSR count). The first kappa shape index (κ1) is 20.3. The van der Waals surface area contributed by atoms with Crippen LogP contribution in [-0.2, 0) is 25.4 Å². The molecule has 1 amide bonds. The molecule has 0 saturated heterocycles. The summed E-state index contributed by atoms with van der Waals surface area (Å²) in [4.78, 5) is 41.3. The topological polar surface area (TPSA) is 90.9 Å². The van der Waals surface area contributed by atoms with Gasteiger partial charge in [0.25, 0.3) is 5.56 Å². The number of fused-ring (bicyclic) bond motifs is 1. The Morgan fingerprint density at radius 2 is 1.61 bits per heavy atom. The number of carbonyl (C=O) groups excluding carboxylic acids is 1. The van der Waals surface area contributed by atoms with Crippen LogP contribution in [0.3, 0.4) is 0 Å². The summed E-state index contributed by atoms with van der Waals surface area (Å²) in [6.45, 7) is 1.83. The lowest BCUT2D eigenvalue weighted by Gasteiger charge is -2.15. The van der Waals surface area contributed by atoms with Gasteiger partial charge in [-0.3, -0.25) is 18.7 Å². The van der Waals surface area contributed by atoms with Crippen molar-refractivity contribution < 1.29 is 4.79 Å². The molecule has 158 valence electrons. The van der Waals surface area contributed by atoms with Crippen molar-refractivity contribution in [1.82, 2.24) is 24.0 Å². The number of hydrogen-bond acceptors (Lipinski definition) is 4. The molecule has 2 heterocycles. The van der Waals surface area contributed by atoms with Crippen molar-refractivity contribution in [2.45, 2.75) is 19.5 Å². The average molecular weight is 417 g/mol. The number of nitrogens with zero attached hydrogens (tertiary/aromatic N) is 4. The molecule has 0 saturated carbocycles. The maximum Gasteiger partial charge on any atom is 0.332 e. The Bertz CT molecular complexity index is 1360. The fourth-order valence-corrected chi connectivity index (χ4v) is 3.64. The Balaban J connectivity index is 1.50. The van der Waals surface area contributed by atoms with Gasteiger partial charge in [-0.25, -0.2) is 9.78 Å². The quantitative estimate of drug-likeness (QED) is 0.538. The minimum Gasteiger partial charge on any atom is -0.348 e. The lowest BCUT2D eigenvalue weighted by Crippen LogP contribution is -2.38. The fraction of sp³-hybridized carbons (Fsp3) is 0.217. The summed E-state index contributed by atoms with van der Waals surface area (Å²) in [5, 5.41) is 2.95. The third-order valence-corrected chi connectivity index (χ3v) is 5.43. The fourth-order valence-electron chi connectivity index (χ4n) is 3.64. The predicted octanol–water partition coefficient (Wildman–Crippen LogP) is 1.98. The third-order valence-electron chi connectivity index (χ3n) is 5.43. The van der Waals surface area contributed by atoms with Crippen molar-refractivity contribution in [1.29, 1.82) is 0 Å². The molecule has 0 radical (unpaired) electrons. The molecule has 8 nitrogen and oxygen atoms in total. The first-order chi connectivity index (χ1) is 14.9. The van der Waals surface area contributed by atoms with Crippen LogP contribution in [0.4, 0.5) is 0 Å². The Morgan fingerprint density at radius 1 is 0.968 bits per heavy atom. The zero-order chi connectivity index (χ0) is 22.1. The molecule has 0 aliphatic carbocycles. The van der Waals surface area contributed by atoms with E-state index < -0.39 is 11.2 Å². The van der Waals surface area contributed by atoms with E-state index in [1.807, 2.05) is 49.4 Å². The van der Waals surface area contributed by atoms with Crippen LogP contribution < -0.4 is 16.6 Å². The van der Waals surface area contributed by atoms with E-state index in [-0.39, 0.29) is 29.7 Å².